The van der Waals surface area contributed by atoms with E-state index < -0.39 is 23.6 Å². The van der Waals surface area contributed by atoms with Gasteiger partial charge in [0.05, 0.1) is 23.7 Å². The zero-order valence-corrected chi connectivity index (χ0v) is 20.5. The maximum atomic E-state index is 15.4. The minimum absolute atomic E-state index is 0.0502. The number of hydrogen-bond donors (Lipinski definition) is 2. The summed E-state index contributed by atoms with van der Waals surface area (Å²) < 4.78 is 40.2. The minimum Gasteiger partial charge on any atom is -0.384 e. The molecule has 1 atom stereocenters. The molecule has 3 rings (SSSR count). The van der Waals surface area contributed by atoms with Crippen molar-refractivity contribution in [1.82, 2.24) is 0 Å². The van der Waals surface area contributed by atoms with Gasteiger partial charge in [-0.05, 0) is 55.7 Å². The monoisotopic (exact) mass is 509 g/mol. The molecule has 0 aromatic heterocycles. The number of carbonyl (C=O) groups is 2. The zero-order chi connectivity index (χ0) is 25.4. The molecule has 35 heavy (non-hydrogen) atoms. The first-order valence-electron chi connectivity index (χ1n) is 11.5. The van der Waals surface area contributed by atoms with Gasteiger partial charge in [0.15, 0.2) is 0 Å². The molecule has 7 nitrogen and oxygen atoms in total. The summed E-state index contributed by atoms with van der Waals surface area (Å²) in [4.78, 5) is 26.1. The van der Waals surface area contributed by atoms with Crippen LogP contribution in [0.5, 0.6) is 0 Å². The Hall–Kier alpha value is -2.75. The van der Waals surface area contributed by atoms with Gasteiger partial charge in [0.1, 0.15) is 17.9 Å². The summed E-state index contributed by atoms with van der Waals surface area (Å²) in [5.41, 5.74) is 1.03. The second kappa shape index (κ2) is 12.8. The van der Waals surface area contributed by atoms with Crippen molar-refractivity contribution >= 4 is 41.0 Å². The second-order valence-electron chi connectivity index (χ2n) is 8.28. The molecule has 0 aliphatic carbocycles. The summed E-state index contributed by atoms with van der Waals surface area (Å²) in [6, 6.07) is 6.20. The topological polar surface area (TPSA) is 79.9 Å². The third-order valence-electron chi connectivity index (χ3n) is 6.01. The number of ether oxygens (including phenoxy) is 2. The number of hydrogen-bond acceptors (Lipinski definition) is 5. The van der Waals surface area contributed by atoms with E-state index in [1.54, 1.807) is 0 Å². The SMILES string of the molecule is CCN(c1cc(F)c(C(CC=O)COC)cc1NC(=O)Nc1ccc(Cl)cc1F)C1CCOCC1. The van der Waals surface area contributed by atoms with Crippen molar-refractivity contribution in [2.24, 2.45) is 0 Å². The average Bonchev–Trinajstić information content (AvgIpc) is 2.83. The molecule has 190 valence electrons. The Bertz CT molecular complexity index is 1030. The van der Waals surface area contributed by atoms with Crippen molar-refractivity contribution in [3.8, 4) is 0 Å². The van der Waals surface area contributed by atoms with Crippen LogP contribution in [-0.4, -0.2) is 51.8 Å². The van der Waals surface area contributed by atoms with Crippen LogP contribution in [0.3, 0.4) is 0 Å². The molecule has 1 fully saturated rings. The first-order valence-corrected chi connectivity index (χ1v) is 11.9. The summed E-state index contributed by atoms with van der Waals surface area (Å²) in [6.45, 7) is 3.84. The van der Waals surface area contributed by atoms with E-state index >= 15 is 4.39 Å². The van der Waals surface area contributed by atoms with Crippen LogP contribution in [0.25, 0.3) is 0 Å². The van der Waals surface area contributed by atoms with E-state index in [4.69, 9.17) is 21.1 Å². The largest absolute Gasteiger partial charge is 0.384 e. The number of carbonyl (C=O) groups excluding carboxylic acids is 2. The Labute approximate surface area is 208 Å². The van der Waals surface area contributed by atoms with E-state index in [0.717, 1.165) is 18.9 Å². The van der Waals surface area contributed by atoms with Crippen molar-refractivity contribution in [3.63, 3.8) is 0 Å². The summed E-state index contributed by atoms with van der Waals surface area (Å²) in [5, 5.41) is 5.41. The number of halogens is 3. The predicted octanol–water partition coefficient (Wildman–Crippen LogP) is 5.59. The quantitative estimate of drug-likeness (QED) is 0.408. The van der Waals surface area contributed by atoms with E-state index in [-0.39, 0.29) is 35.3 Å². The standard InChI is InChI=1S/C25H30ClF2N3O4/c1-3-31(18-7-10-35-11-8-18)24-14-20(27)19(16(6-9-32)15-34-2)13-23(24)30-25(33)29-22-5-4-17(26)12-21(22)28/h4-5,9,12-14,16,18H,3,6-8,10-11,15H2,1-2H3,(H2,29,30,33). The van der Waals surface area contributed by atoms with Crippen LogP contribution in [0.1, 0.15) is 37.7 Å². The number of methoxy groups -OCH3 is 1. The molecule has 1 heterocycles. The van der Waals surface area contributed by atoms with Crippen molar-refractivity contribution < 1.29 is 27.8 Å². The number of anilines is 3. The van der Waals surface area contributed by atoms with Crippen LogP contribution in [0.4, 0.5) is 30.6 Å². The lowest BCUT2D eigenvalue weighted by Gasteiger charge is -2.36. The molecule has 0 radical (unpaired) electrons. The van der Waals surface area contributed by atoms with Gasteiger partial charge in [-0.1, -0.05) is 11.6 Å². The lowest BCUT2D eigenvalue weighted by atomic mass is 9.94. The molecule has 0 spiro atoms. The van der Waals surface area contributed by atoms with Gasteiger partial charge in [-0.25, -0.2) is 13.6 Å². The molecule has 1 unspecified atom stereocenters. The summed E-state index contributed by atoms with van der Waals surface area (Å²) >= 11 is 5.79. The van der Waals surface area contributed by atoms with Crippen molar-refractivity contribution in [1.29, 1.82) is 0 Å². The summed E-state index contributed by atoms with van der Waals surface area (Å²) in [6.07, 6.45) is 2.29. The lowest BCUT2D eigenvalue weighted by Crippen LogP contribution is -2.40. The number of urea groups is 1. The van der Waals surface area contributed by atoms with Crippen LogP contribution < -0.4 is 15.5 Å². The molecule has 2 amide bonds. The number of nitrogens with zero attached hydrogens (tertiary/aromatic N) is 1. The molecule has 0 saturated carbocycles. The van der Waals surface area contributed by atoms with Crippen LogP contribution in [0, 0.1) is 11.6 Å². The van der Waals surface area contributed by atoms with Gasteiger partial charge in [-0.3, -0.25) is 0 Å². The fourth-order valence-corrected chi connectivity index (χ4v) is 4.48. The maximum absolute atomic E-state index is 15.4. The smallest absolute Gasteiger partial charge is 0.323 e. The molecule has 1 aliphatic rings. The van der Waals surface area contributed by atoms with E-state index in [2.05, 4.69) is 10.6 Å². The Morgan fingerprint density at radius 3 is 2.54 bits per heavy atom. The van der Waals surface area contributed by atoms with Gasteiger partial charge < -0.3 is 29.8 Å². The average molecular weight is 510 g/mol. The summed E-state index contributed by atoms with van der Waals surface area (Å²) in [7, 11) is 1.47. The predicted molar refractivity (Wildman–Crippen MR) is 133 cm³/mol. The van der Waals surface area contributed by atoms with Crippen molar-refractivity contribution in [2.75, 3.05) is 49.0 Å². The normalized spacial score (nSPS) is 14.9. The van der Waals surface area contributed by atoms with E-state index in [1.165, 1.54) is 31.4 Å². The van der Waals surface area contributed by atoms with Gasteiger partial charge in [-0.2, -0.15) is 0 Å². The molecule has 10 heteroatoms. The third-order valence-corrected chi connectivity index (χ3v) is 6.25. The minimum atomic E-state index is -0.702. The summed E-state index contributed by atoms with van der Waals surface area (Å²) in [5.74, 6) is -1.71. The van der Waals surface area contributed by atoms with Crippen LogP contribution in [0.15, 0.2) is 30.3 Å². The highest BCUT2D eigenvalue weighted by atomic mass is 35.5. The maximum Gasteiger partial charge on any atom is 0.323 e. The number of rotatable bonds is 10. The molecule has 2 aromatic carbocycles. The fraction of sp³-hybridized carbons (Fsp3) is 0.440. The van der Waals surface area contributed by atoms with Crippen molar-refractivity contribution in [3.05, 3.63) is 52.6 Å². The Kier molecular flexibility index (Phi) is 9.83. The lowest BCUT2D eigenvalue weighted by molar-refractivity contribution is -0.108. The Balaban J connectivity index is 1.98. The molecule has 1 aliphatic heterocycles. The van der Waals surface area contributed by atoms with Crippen molar-refractivity contribution in [2.45, 2.75) is 38.1 Å². The first-order chi connectivity index (χ1) is 16.9. The number of nitrogens with one attached hydrogen (secondary N) is 2. The van der Waals surface area contributed by atoms with E-state index in [0.29, 0.717) is 37.4 Å². The zero-order valence-electron chi connectivity index (χ0n) is 19.8. The Morgan fingerprint density at radius 2 is 1.91 bits per heavy atom. The first kappa shape index (κ1) is 26.8. The van der Waals surface area contributed by atoms with Crippen LogP contribution in [0.2, 0.25) is 5.02 Å². The number of benzene rings is 2. The van der Waals surface area contributed by atoms with E-state index in [9.17, 15) is 14.0 Å². The van der Waals surface area contributed by atoms with Gasteiger partial charge in [0.25, 0.3) is 0 Å². The second-order valence-corrected chi connectivity index (χ2v) is 8.71. The van der Waals surface area contributed by atoms with Gasteiger partial charge in [0, 0.05) is 50.3 Å². The third kappa shape index (κ3) is 6.90. The fourth-order valence-electron chi connectivity index (χ4n) is 4.32. The van der Waals surface area contributed by atoms with E-state index in [1.807, 2.05) is 11.8 Å². The highest BCUT2D eigenvalue weighted by Crippen LogP contribution is 2.36. The highest BCUT2D eigenvalue weighted by molar-refractivity contribution is 6.30. The highest BCUT2D eigenvalue weighted by Gasteiger charge is 2.26. The van der Waals surface area contributed by atoms with Crippen LogP contribution in [-0.2, 0) is 14.3 Å². The van der Waals surface area contributed by atoms with Crippen LogP contribution >= 0.6 is 11.6 Å². The Morgan fingerprint density at radius 1 is 1.20 bits per heavy atom. The molecule has 0 bridgehead atoms. The molecule has 2 aromatic rings. The molecule has 1 saturated heterocycles. The van der Waals surface area contributed by atoms with Gasteiger partial charge >= 0.3 is 6.03 Å². The molecular weight excluding hydrogens is 480 g/mol. The number of aldehydes is 1. The van der Waals surface area contributed by atoms with Gasteiger partial charge in [-0.15, -0.1) is 0 Å². The number of amides is 2. The van der Waals surface area contributed by atoms with Gasteiger partial charge in [0.2, 0.25) is 0 Å². The molecule has 2 N–H and O–H groups in total. The molecular formula is C25H30ClF2N3O4.